The number of carbonyl (C=O) groups excluding carboxylic acids is 1. The first-order chi connectivity index (χ1) is 9.40. The Kier molecular flexibility index (Phi) is 4.31. The molecule has 0 spiro atoms. The van der Waals surface area contributed by atoms with Crippen molar-refractivity contribution in [3.8, 4) is 0 Å². The topological polar surface area (TPSA) is 46.3 Å². The number of rotatable bonds is 2. The molecule has 1 aliphatic rings. The zero-order chi connectivity index (χ0) is 14.9. The molecule has 2 rings (SSSR count). The molecule has 3 nitrogen and oxygen atoms in total. The molecule has 1 saturated carbocycles. The van der Waals surface area contributed by atoms with Crippen molar-refractivity contribution in [3.05, 3.63) is 29.1 Å². The second kappa shape index (κ2) is 5.81. The zero-order valence-corrected chi connectivity index (χ0v) is 12.4. The summed E-state index contributed by atoms with van der Waals surface area (Å²) < 4.78 is 13.7. The number of hydrogen-bond donors (Lipinski definition) is 1. The highest BCUT2D eigenvalue weighted by atomic mass is 19.1. The Morgan fingerprint density at radius 3 is 2.45 bits per heavy atom. The molecule has 1 fully saturated rings. The molecule has 1 aromatic rings. The van der Waals surface area contributed by atoms with Crippen molar-refractivity contribution in [1.82, 2.24) is 4.90 Å². The van der Waals surface area contributed by atoms with Crippen LogP contribution in [0.3, 0.4) is 0 Å². The first kappa shape index (κ1) is 14.8. The van der Waals surface area contributed by atoms with Gasteiger partial charge in [0.1, 0.15) is 5.82 Å². The fraction of sp³-hybridized carbons (Fsp3) is 0.562. The number of carbonyl (C=O) groups is 1. The first-order valence-electron chi connectivity index (χ1n) is 7.23. The molecule has 20 heavy (non-hydrogen) atoms. The van der Waals surface area contributed by atoms with Crippen LogP contribution in [0.4, 0.5) is 10.1 Å². The number of hydrogen-bond acceptors (Lipinski definition) is 2. The zero-order valence-electron chi connectivity index (χ0n) is 12.4. The number of amides is 1. The summed E-state index contributed by atoms with van der Waals surface area (Å²) in [6.07, 6.45) is 4.33. The number of anilines is 1. The standard InChI is InChI=1S/C16H23FN2O/c1-10-4-6-13(7-5-10)19(3)16(20)12-8-14(17)11(2)15(18)9-12/h8-10,13H,4-7,18H2,1-3H3. The summed E-state index contributed by atoms with van der Waals surface area (Å²) in [5.41, 5.74) is 6.82. The van der Waals surface area contributed by atoms with Gasteiger partial charge in [-0.3, -0.25) is 4.79 Å². The summed E-state index contributed by atoms with van der Waals surface area (Å²) in [5.74, 6) is 0.177. The smallest absolute Gasteiger partial charge is 0.254 e. The number of benzene rings is 1. The van der Waals surface area contributed by atoms with E-state index in [1.807, 2.05) is 0 Å². The number of nitrogens with zero attached hydrogens (tertiary/aromatic N) is 1. The molecule has 0 bridgehead atoms. The third kappa shape index (κ3) is 2.94. The average Bonchev–Trinajstić information content (AvgIpc) is 2.43. The summed E-state index contributed by atoms with van der Waals surface area (Å²) in [7, 11) is 1.80. The van der Waals surface area contributed by atoms with Crippen LogP contribution < -0.4 is 5.73 Å². The predicted octanol–water partition coefficient (Wildman–Crippen LogP) is 3.37. The molecule has 0 unspecified atom stereocenters. The molecule has 0 heterocycles. The van der Waals surface area contributed by atoms with E-state index < -0.39 is 5.82 Å². The van der Waals surface area contributed by atoms with Crippen LogP contribution >= 0.6 is 0 Å². The maximum Gasteiger partial charge on any atom is 0.254 e. The molecule has 110 valence electrons. The molecule has 0 saturated heterocycles. The Bertz CT molecular complexity index is 484. The molecular weight excluding hydrogens is 255 g/mol. The fourth-order valence-corrected chi connectivity index (χ4v) is 2.82. The van der Waals surface area contributed by atoms with E-state index in [9.17, 15) is 9.18 Å². The lowest BCUT2D eigenvalue weighted by Crippen LogP contribution is -2.39. The Balaban J connectivity index is 2.14. The molecule has 2 N–H and O–H groups in total. The Labute approximate surface area is 120 Å². The molecule has 4 heteroatoms. The summed E-state index contributed by atoms with van der Waals surface area (Å²) in [6, 6.07) is 3.11. The predicted molar refractivity (Wildman–Crippen MR) is 79.1 cm³/mol. The van der Waals surface area contributed by atoms with E-state index in [0.29, 0.717) is 16.8 Å². The maximum atomic E-state index is 13.7. The lowest BCUT2D eigenvalue weighted by molar-refractivity contribution is 0.0679. The largest absolute Gasteiger partial charge is 0.398 e. The second-order valence-electron chi connectivity index (χ2n) is 6.00. The van der Waals surface area contributed by atoms with Gasteiger partial charge in [0, 0.05) is 29.9 Å². The van der Waals surface area contributed by atoms with Crippen LogP contribution in [0.2, 0.25) is 0 Å². The molecular formula is C16H23FN2O. The van der Waals surface area contributed by atoms with Gasteiger partial charge in [0.25, 0.3) is 5.91 Å². The van der Waals surface area contributed by atoms with Crippen molar-refractivity contribution in [2.24, 2.45) is 5.92 Å². The van der Waals surface area contributed by atoms with Crippen molar-refractivity contribution in [1.29, 1.82) is 0 Å². The van der Waals surface area contributed by atoms with Crippen LogP contribution in [-0.4, -0.2) is 23.9 Å². The molecule has 0 radical (unpaired) electrons. The van der Waals surface area contributed by atoms with Crippen LogP contribution in [0.25, 0.3) is 0 Å². The fourth-order valence-electron chi connectivity index (χ4n) is 2.82. The Morgan fingerprint density at radius 1 is 1.30 bits per heavy atom. The normalized spacial score (nSPS) is 22.6. The van der Waals surface area contributed by atoms with E-state index in [4.69, 9.17) is 5.73 Å². The monoisotopic (exact) mass is 278 g/mol. The van der Waals surface area contributed by atoms with E-state index in [0.717, 1.165) is 31.6 Å². The van der Waals surface area contributed by atoms with E-state index in [1.165, 1.54) is 6.07 Å². The minimum absolute atomic E-state index is 0.143. The van der Waals surface area contributed by atoms with Crippen molar-refractivity contribution >= 4 is 11.6 Å². The third-order valence-electron chi connectivity index (χ3n) is 4.48. The third-order valence-corrected chi connectivity index (χ3v) is 4.48. The average molecular weight is 278 g/mol. The van der Waals surface area contributed by atoms with Crippen LogP contribution in [0, 0.1) is 18.7 Å². The van der Waals surface area contributed by atoms with Crippen molar-refractivity contribution < 1.29 is 9.18 Å². The van der Waals surface area contributed by atoms with Gasteiger partial charge in [-0.25, -0.2) is 4.39 Å². The Morgan fingerprint density at radius 2 is 1.90 bits per heavy atom. The second-order valence-corrected chi connectivity index (χ2v) is 6.00. The SMILES string of the molecule is Cc1c(N)cc(C(=O)N(C)C2CCC(C)CC2)cc1F. The molecule has 1 aliphatic carbocycles. The molecule has 1 aromatic carbocycles. The van der Waals surface area contributed by atoms with E-state index in [1.54, 1.807) is 24.9 Å². The van der Waals surface area contributed by atoms with Gasteiger partial charge in [-0.05, 0) is 50.7 Å². The van der Waals surface area contributed by atoms with Gasteiger partial charge in [-0.15, -0.1) is 0 Å². The Hall–Kier alpha value is -1.58. The van der Waals surface area contributed by atoms with Crippen LogP contribution in [0.1, 0.15) is 48.5 Å². The number of nitrogens with two attached hydrogens (primary N) is 1. The lowest BCUT2D eigenvalue weighted by Gasteiger charge is -2.33. The minimum Gasteiger partial charge on any atom is -0.398 e. The molecule has 0 aliphatic heterocycles. The van der Waals surface area contributed by atoms with E-state index >= 15 is 0 Å². The summed E-state index contributed by atoms with van der Waals surface area (Å²) in [4.78, 5) is 14.2. The summed E-state index contributed by atoms with van der Waals surface area (Å²) >= 11 is 0. The van der Waals surface area contributed by atoms with Crippen LogP contribution in [0.15, 0.2) is 12.1 Å². The van der Waals surface area contributed by atoms with Gasteiger partial charge in [0.15, 0.2) is 0 Å². The van der Waals surface area contributed by atoms with E-state index in [-0.39, 0.29) is 11.9 Å². The minimum atomic E-state index is -0.418. The maximum absolute atomic E-state index is 13.7. The van der Waals surface area contributed by atoms with Crippen molar-refractivity contribution in [2.75, 3.05) is 12.8 Å². The van der Waals surface area contributed by atoms with Gasteiger partial charge in [0.2, 0.25) is 0 Å². The quantitative estimate of drug-likeness (QED) is 0.843. The van der Waals surface area contributed by atoms with Gasteiger partial charge in [-0.2, -0.15) is 0 Å². The van der Waals surface area contributed by atoms with Gasteiger partial charge in [0.05, 0.1) is 0 Å². The summed E-state index contributed by atoms with van der Waals surface area (Å²) in [5, 5.41) is 0. The number of nitrogen functional groups attached to an aromatic ring is 1. The highest BCUT2D eigenvalue weighted by Gasteiger charge is 2.26. The highest BCUT2D eigenvalue weighted by Crippen LogP contribution is 2.28. The highest BCUT2D eigenvalue weighted by molar-refractivity contribution is 5.95. The molecule has 0 aromatic heterocycles. The van der Waals surface area contributed by atoms with Crippen LogP contribution in [-0.2, 0) is 0 Å². The van der Waals surface area contributed by atoms with Gasteiger partial charge in [-0.1, -0.05) is 6.92 Å². The van der Waals surface area contributed by atoms with Gasteiger partial charge >= 0.3 is 0 Å². The lowest BCUT2D eigenvalue weighted by atomic mass is 9.86. The van der Waals surface area contributed by atoms with Crippen molar-refractivity contribution in [2.45, 2.75) is 45.6 Å². The number of halogens is 1. The summed E-state index contributed by atoms with van der Waals surface area (Å²) in [6.45, 7) is 3.86. The first-order valence-corrected chi connectivity index (χ1v) is 7.23. The molecule has 1 amide bonds. The van der Waals surface area contributed by atoms with Crippen molar-refractivity contribution in [3.63, 3.8) is 0 Å². The van der Waals surface area contributed by atoms with Crippen LogP contribution in [0.5, 0.6) is 0 Å². The van der Waals surface area contributed by atoms with E-state index in [2.05, 4.69) is 6.92 Å². The molecule has 0 atom stereocenters. The van der Waals surface area contributed by atoms with Gasteiger partial charge < -0.3 is 10.6 Å².